The van der Waals surface area contributed by atoms with Crippen molar-refractivity contribution in [2.24, 2.45) is 5.92 Å². The molecule has 0 radical (unpaired) electrons. The topological polar surface area (TPSA) is 54.0 Å². The molecule has 1 amide bonds. The normalized spacial score (nSPS) is 14.4. The number of anilines is 3. The van der Waals surface area contributed by atoms with E-state index in [1.807, 2.05) is 18.2 Å². The standard InChI is InChI=1S/C19H23N3O/c1-19(2,3)15-6-4-5-7-16(15)22-17-11-10-14(12-20-17)21-18(23)13-8-9-13/h4-7,10-13H,8-9H2,1-3H3,(H,20,22)(H,21,23). The van der Waals surface area contributed by atoms with E-state index in [1.165, 1.54) is 5.56 Å². The molecule has 0 spiro atoms. The number of nitrogens with zero attached hydrogens (tertiary/aromatic N) is 1. The SMILES string of the molecule is CC(C)(C)c1ccccc1Nc1ccc(NC(=O)C2CC2)cn1. The molecule has 2 N–H and O–H groups in total. The zero-order valence-electron chi connectivity index (χ0n) is 13.9. The Bertz CT molecular complexity index is 697. The minimum Gasteiger partial charge on any atom is -0.340 e. The summed E-state index contributed by atoms with van der Waals surface area (Å²) in [6, 6.07) is 12.0. The molecule has 1 fully saturated rings. The van der Waals surface area contributed by atoms with Crippen LogP contribution < -0.4 is 10.6 Å². The van der Waals surface area contributed by atoms with Gasteiger partial charge >= 0.3 is 0 Å². The third-order valence-corrected chi connectivity index (χ3v) is 3.98. The van der Waals surface area contributed by atoms with Gasteiger partial charge in [0.2, 0.25) is 5.91 Å². The summed E-state index contributed by atoms with van der Waals surface area (Å²) in [7, 11) is 0. The van der Waals surface area contributed by atoms with Crippen molar-refractivity contribution in [3.05, 3.63) is 48.2 Å². The number of hydrogen-bond donors (Lipinski definition) is 2. The second-order valence-electron chi connectivity index (χ2n) is 7.12. The Labute approximate surface area is 137 Å². The number of rotatable bonds is 4. The van der Waals surface area contributed by atoms with Gasteiger partial charge in [-0.25, -0.2) is 4.98 Å². The summed E-state index contributed by atoms with van der Waals surface area (Å²) in [5.41, 5.74) is 3.11. The molecular formula is C19H23N3O. The number of pyridine rings is 1. The predicted octanol–water partition coefficient (Wildman–Crippen LogP) is 4.47. The summed E-state index contributed by atoms with van der Waals surface area (Å²) in [5.74, 6) is 1.07. The van der Waals surface area contributed by atoms with Crippen molar-refractivity contribution in [1.82, 2.24) is 4.98 Å². The average Bonchev–Trinajstić information content (AvgIpc) is 3.33. The van der Waals surface area contributed by atoms with Gasteiger partial charge in [-0.2, -0.15) is 0 Å². The van der Waals surface area contributed by atoms with Crippen LogP contribution in [0.25, 0.3) is 0 Å². The summed E-state index contributed by atoms with van der Waals surface area (Å²) in [5, 5.41) is 6.27. The average molecular weight is 309 g/mol. The molecule has 1 aromatic heterocycles. The van der Waals surface area contributed by atoms with E-state index in [0.29, 0.717) is 0 Å². The van der Waals surface area contributed by atoms with E-state index in [-0.39, 0.29) is 17.2 Å². The van der Waals surface area contributed by atoms with Crippen molar-refractivity contribution < 1.29 is 4.79 Å². The van der Waals surface area contributed by atoms with E-state index in [9.17, 15) is 4.79 Å². The van der Waals surface area contributed by atoms with Crippen molar-refractivity contribution in [2.75, 3.05) is 10.6 Å². The maximum absolute atomic E-state index is 11.8. The molecule has 120 valence electrons. The zero-order chi connectivity index (χ0) is 16.4. The molecule has 0 unspecified atom stereocenters. The molecule has 1 aromatic carbocycles. The Hall–Kier alpha value is -2.36. The van der Waals surface area contributed by atoms with Gasteiger partial charge in [-0.3, -0.25) is 4.79 Å². The first-order chi connectivity index (χ1) is 10.9. The smallest absolute Gasteiger partial charge is 0.227 e. The lowest BCUT2D eigenvalue weighted by Gasteiger charge is -2.23. The van der Waals surface area contributed by atoms with Gasteiger partial charge < -0.3 is 10.6 Å². The maximum Gasteiger partial charge on any atom is 0.227 e. The van der Waals surface area contributed by atoms with Crippen molar-refractivity contribution in [2.45, 2.75) is 39.0 Å². The number of para-hydroxylation sites is 1. The van der Waals surface area contributed by atoms with Crippen LogP contribution in [0, 0.1) is 5.92 Å². The summed E-state index contributed by atoms with van der Waals surface area (Å²) >= 11 is 0. The number of carbonyl (C=O) groups excluding carboxylic acids is 1. The Morgan fingerprint density at radius 2 is 1.87 bits per heavy atom. The van der Waals surface area contributed by atoms with Gasteiger partial charge in [0, 0.05) is 11.6 Å². The van der Waals surface area contributed by atoms with Crippen LogP contribution in [0.2, 0.25) is 0 Å². The first-order valence-corrected chi connectivity index (χ1v) is 8.07. The third-order valence-electron chi connectivity index (χ3n) is 3.98. The molecule has 0 atom stereocenters. The molecule has 1 heterocycles. The lowest BCUT2D eigenvalue weighted by molar-refractivity contribution is -0.117. The Morgan fingerprint density at radius 1 is 1.13 bits per heavy atom. The zero-order valence-corrected chi connectivity index (χ0v) is 13.9. The van der Waals surface area contributed by atoms with Crippen LogP contribution in [0.5, 0.6) is 0 Å². The van der Waals surface area contributed by atoms with E-state index in [1.54, 1.807) is 6.20 Å². The minimum atomic E-state index is 0.0573. The van der Waals surface area contributed by atoms with Crippen LogP contribution in [0.1, 0.15) is 39.2 Å². The summed E-state index contributed by atoms with van der Waals surface area (Å²) in [6.07, 6.45) is 3.70. The van der Waals surface area contributed by atoms with E-state index in [4.69, 9.17) is 0 Å². The van der Waals surface area contributed by atoms with E-state index >= 15 is 0 Å². The highest BCUT2D eigenvalue weighted by Crippen LogP contribution is 2.32. The number of nitrogens with one attached hydrogen (secondary N) is 2. The molecule has 3 rings (SSSR count). The largest absolute Gasteiger partial charge is 0.340 e. The minimum absolute atomic E-state index is 0.0573. The van der Waals surface area contributed by atoms with E-state index in [0.717, 1.165) is 30.0 Å². The second kappa shape index (κ2) is 6.03. The highest BCUT2D eigenvalue weighted by atomic mass is 16.2. The second-order valence-corrected chi connectivity index (χ2v) is 7.12. The van der Waals surface area contributed by atoms with Gasteiger partial charge in [0.1, 0.15) is 5.82 Å². The molecule has 0 saturated heterocycles. The van der Waals surface area contributed by atoms with Gasteiger partial charge in [-0.15, -0.1) is 0 Å². The predicted molar refractivity (Wildman–Crippen MR) is 94.0 cm³/mol. The highest BCUT2D eigenvalue weighted by molar-refractivity contribution is 5.93. The van der Waals surface area contributed by atoms with Crippen LogP contribution >= 0.6 is 0 Å². The van der Waals surface area contributed by atoms with Crippen molar-refractivity contribution in [3.63, 3.8) is 0 Å². The number of hydrogen-bond acceptors (Lipinski definition) is 3. The summed E-state index contributed by atoms with van der Waals surface area (Å²) < 4.78 is 0. The molecule has 4 heteroatoms. The lowest BCUT2D eigenvalue weighted by Crippen LogP contribution is -2.14. The fraction of sp³-hybridized carbons (Fsp3) is 0.368. The van der Waals surface area contributed by atoms with Crippen LogP contribution in [-0.4, -0.2) is 10.9 Å². The summed E-state index contributed by atoms with van der Waals surface area (Å²) in [6.45, 7) is 6.58. The van der Waals surface area contributed by atoms with Crippen molar-refractivity contribution in [3.8, 4) is 0 Å². The van der Waals surface area contributed by atoms with Gasteiger partial charge in [0.25, 0.3) is 0 Å². The Kier molecular flexibility index (Phi) is 4.07. The molecule has 0 bridgehead atoms. The monoisotopic (exact) mass is 309 g/mol. The van der Waals surface area contributed by atoms with Crippen LogP contribution in [-0.2, 0) is 10.2 Å². The highest BCUT2D eigenvalue weighted by Gasteiger charge is 2.29. The van der Waals surface area contributed by atoms with Crippen molar-refractivity contribution >= 4 is 23.1 Å². The third kappa shape index (κ3) is 3.89. The lowest BCUT2D eigenvalue weighted by atomic mass is 9.86. The van der Waals surface area contributed by atoms with Crippen LogP contribution in [0.3, 0.4) is 0 Å². The number of carbonyl (C=O) groups is 1. The van der Waals surface area contributed by atoms with Crippen LogP contribution in [0.15, 0.2) is 42.6 Å². The fourth-order valence-electron chi connectivity index (χ4n) is 2.52. The molecule has 23 heavy (non-hydrogen) atoms. The van der Waals surface area contributed by atoms with Gasteiger partial charge in [-0.1, -0.05) is 39.0 Å². The number of amides is 1. The van der Waals surface area contributed by atoms with Crippen LogP contribution in [0.4, 0.5) is 17.2 Å². The molecule has 2 aromatic rings. The maximum atomic E-state index is 11.8. The van der Waals surface area contributed by atoms with E-state index < -0.39 is 0 Å². The molecular weight excluding hydrogens is 286 g/mol. The van der Waals surface area contributed by atoms with Gasteiger partial charge in [0.15, 0.2) is 0 Å². The number of benzene rings is 1. The molecule has 1 aliphatic rings. The Balaban J connectivity index is 1.72. The van der Waals surface area contributed by atoms with Crippen molar-refractivity contribution in [1.29, 1.82) is 0 Å². The number of aromatic nitrogens is 1. The summed E-state index contributed by atoms with van der Waals surface area (Å²) in [4.78, 5) is 16.2. The first-order valence-electron chi connectivity index (χ1n) is 8.07. The molecule has 4 nitrogen and oxygen atoms in total. The molecule has 0 aliphatic heterocycles. The van der Waals surface area contributed by atoms with Gasteiger partial charge in [0.05, 0.1) is 11.9 Å². The van der Waals surface area contributed by atoms with E-state index in [2.05, 4.69) is 54.6 Å². The molecule has 1 saturated carbocycles. The fourth-order valence-corrected chi connectivity index (χ4v) is 2.52. The Morgan fingerprint density at radius 3 is 2.48 bits per heavy atom. The first kappa shape index (κ1) is 15.5. The quantitative estimate of drug-likeness (QED) is 0.876. The molecule has 1 aliphatic carbocycles. The van der Waals surface area contributed by atoms with Gasteiger partial charge in [-0.05, 0) is 42.0 Å².